The van der Waals surface area contributed by atoms with Gasteiger partial charge in [0, 0.05) is 13.1 Å². The number of halogens is 1. The molecule has 0 aliphatic carbocycles. The van der Waals surface area contributed by atoms with Crippen LogP contribution in [0.4, 0.5) is 11.5 Å². The maximum absolute atomic E-state index is 12.5. The van der Waals surface area contributed by atoms with Crippen LogP contribution in [0.15, 0.2) is 6.20 Å². The molecule has 5 nitrogen and oxygen atoms in total. The quantitative estimate of drug-likeness (QED) is 0.771. The lowest BCUT2D eigenvalue weighted by Gasteiger charge is -2.46. The molecule has 6 heteroatoms. The molecule has 18 heavy (non-hydrogen) atoms. The Balaban J connectivity index is 2.66. The Bertz CT molecular complexity index is 489. The molecule has 0 atom stereocenters. The van der Waals surface area contributed by atoms with Crippen LogP contribution in [0, 0.1) is 0 Å². The standard InChI is InChI=1S/C12H17ClN4O/c1-5-16-8-7-14-11(13)15-9(8)17(6-2)12(3,4)10(16)18/h7H,5-6H2,1-4H3. The van der Waals surface area contributed by atoms with E-state index in [0.717, 1.165) is 11.5 Å². The minimum absolute atomic E-state index is 0.0604. The molecule has 0 bridgehead atoms. The average molecular weight is 269 g/mol. The van der Waals surface area contributed by atoms with Crippen molar-refractivity contribution in [3.8, 4) is 0 Å². The highest BCUT2D eigenvalue weighted by Gasteiger charge is 2.44. The molecular weight excluding hydrogens is 252 g/mol. The highest BCUT2D eigenvalue weighted by atomic mass is 35.5. The Kier molecular flexibility index (Phi) is 3.19. The van der Waals surface area contributed by atoms with Crippen molar-refractivity contribution in [1.82, 2.24) is 9.97 Å². The zero-order valence-electron chi connectivity index (χ0n) is 11.1. The summed E-state index contributed by atoms with van der Waals surface area (Å²) in [5.41, 5.74) is 0.114. The minimum Gasteiger partial charge on any atom is -0.341 e. The van der Waals surface area contributed by atoms with Crippen LogP contribution in [0.5, 0.6) is 0 Å². The van der Waals surface area contributed by atoms with E-state index in [1.807, 2.05) is 32.6 Å². The van der Waals surface area contributed by atoms with Crippen LogP contribution in [-0.4, -0.2) is 34.5 Å². The predicted octanol–water partition coefficient (Wildman–Crippen LogP) is 2.10. The number of carbonyl (C=O) groups excluding carboxylic acids is 1. The van der Waals surface area contributed by atoms with Gasteiger partial charge in [0.1, 0.15) is 11.2 Å². The molecule has 0 saturated carbocycles. The Morgan fingerprint density at radius 2 is 2.00 bits per heavy atom. The molecule has 2 rings (SSSR count). The van der Waals surface area contributed by atoms with Gasteiger partial charge in [0.2, 0.25) is 5.28 Å². The summed E-state index contributed by atoms with van der Waals surface area (Å²) in [7, 11) is 0. The normalized spacial score (nSPS) is 17.9. The number of hydrogen-bond donors (Lipinski definition) is 0. The second kappa shape index (κ2) is 4.39. The van der Waals surface area contributed by atoms with Crippen molar-refractivity contribution < 1.29 is 4.79 Å². The molecule has 0 unspecified atom stereocenters. The topological polar surface area (TPSA) is 49.3 Å². The van der Waals surface area contributed by atoms with Crippen LogP contribution in [0.2, 0.25) is 5.28 Å². The second-order valence-electron chi connectivity index (χ2n) is 4.70. The van der Waals surface area contributed by atoms with Crippen LogP contribution in [0.3, 0.4) is 0 Å². The van der Waals surface area contributed by atoms with Crippen LogP contribution in [0.1, 0.15) is 27.7 Å². The first-order valence-electron chi connectivity index (χ1n) is 6.05. The fourth-order valence-electron chi connectivity index (χ4n) is 2.41. The Morgan fingerprint density at radius 1 is 1.33 bits per heavy atom. The van der Waals surface area contributed by atoms with Crippen molar-refractivity contribution in [3.63, 3.8) is 0 Å². The maximum atomic E-state index is 12.5. The van der Waals surface area contributed by atoms with Gasteiger partial charge in [0.05, 0.1) is 6.20 Å². The fraction of sp³-hybridized carbons (Fsp3) is 0.583. The highest BCUT2D eigenvalue weighted by Crippen LogP contribution is 2.38. The van der Waals surface area contributed by atoms with Gasteiger partial charge in [0.25, 0.3) is 5.91 Å². The molecular formula is C12H17ClN4O. The van der Waals surface area contributed by atoms with Gasteiger partial charge in [-0.3, -0.25) is 4.79 Å². The number of hydrogen-bond acceptors (Lipinski definition) is 4. The zero-order chi connectivity index (χ0) is 13.5. The van der Waals surface area contributed by atoms with Crippen molar-refractivity contribution in [2.45, 2.75) is 33.2 Å². The molecule has 0 radical (unpaired) electrons. The zero-order valence-corrected chi connectivity index (χ0v) is 11.8. The molecule has 1 aromatic rings. The summed E-state index contributed by atoms with van der Waals surface area (Å²) in [6, 6.07) is 0. The number of anilines is 2. The SMILES string of the molecule is CCN1C(=O)C(C)(C)N(CC)c2nc(Cl)ncc21. The number of carbonyl (C=O) groups is 1. The van der Waals surface area contributed by atoms with Gasteiger partial charge in [-0.1, -0.05) is 0 Å². The summed E-state index contributed by atoms with van der Waals surface area (Å²) in [5, 5.41) is 0.202. The number of fused-ring (bicyclic) bond motifs is 1. The molecule has 0 spiro atoms. The van der Waals surface area contributed by atoms with Gasteiger partial charge in [0.15, 0.2) is 5.82 Å². The molecule has 0 N–H and O–H groups in total. The van der Waals surface area contributed by atoms with E-state index in [1.54, 1.807) is 11.1 Å². The van der Waals surface area contributed by atoms with Gasteiger partial charge in [-0.25, -0.2) is 4.98 Å². The second-order valence-corrected chi connectivity index (χ2v) is 5.04. The van der Waals surface area contributed by atoms with Gasteiger partial charge in [-0.05, 0) is 39.3 Å². The van der Waals surface area contributed by atoms with Crippen LogP contribution >= 0.6 is 11.6 Å². The smallest absolute Gasteiger partial charge is 0.252 e. The van der Waals surface area contributed by atoms with Crippen LogP contribution < -0.4 is 9.80 Å². The predicted molar refractivity (Wildman–Crippen MR) is 72.2 cm³/mol. The first kappa shape index (κ1) is 13.1. The van der Waals surface area contributed by atoms with Crippen molar-refractivity contribution >= 4 is 29.0 Å². The summed E-state index contributed by atoms with van der Waals surface area (Å²) < 4.78 is 0. The van der Waals surface area contributed by atoms with E-state index in [-0.39, 0.29) is 11.2 Å². The number of aromatic nitrogens is 2. The molecule has 0 fully saturated rings. The number of amides is 1. The number of likely N-dealkylation sites (N-methyl/N-ethyl adjacent to an activating group) is 2. The molecule has 98 valence electrons. The lowest BCUT2D eigenvalue weighted by atomic mass is 9.97. The molecule has 0 saturated heterocycles. The van der Waals surface area contributed by atoms with E-state index in [1.165, 1.54) is 0 Å². The molecule has 1 aliphatic heterocycles. The van der Waals surface area contributed by atoms with Crippen molar-refractivity contribution in [3.05, 3.63) is 11.5 Å². The summed E-state index contributed by atoms with van der Waals surface area (Å²) in [6.45, 7) is 9.03. The summed E-state index contributed by atoms with van der Waals surface area (Å²) in [6.07, 6.45) is 1.62. The molecule has 1 amide bonds. The van der Waals surface area contributed by atoms with E-state index in [9.17, 15) is 4.79 Å². The van der Waals surface area contributed by atoms with Gasteiger partial charge >= 0.3 is 0 Å². The van der Waals surface area contributed by atoms with Crippen molar-refractivity contribution in [2.75, 3.05) is 22.9 Å². The Morgan fingerprint density at radius 3 is 2.56 bits per heavy atom. The van der Waals surface area contributed by atoms with Gasteiger partial charge < -0.3 is 9.80 Å². The highest BCUT2D eigenvalue weighted by molar-refractivity contribution is 6.28. The van der Waals surface area contributed by atoms with Gasteiger partial charge in [-0.2, -0.15) is 4.98 Å². The Labute approximate surface area is 112 Å². The summed E-state index contributed by atoms with van der Waals surface area (Å²) in [5.74, 6) is 0.786. The Hall–Kier alpha value is -1.36. The lowest BCUT2D eigenvalue weighted by molar-refractivity contribution is -0.123. The van der Waals surface area contributed by atoms with E-state index >= 15 is 0 Å². The number of nitrogens with zero attached hydrogens (tertiary/aromatic N) is 4. The third kappa shape index (κ3) is 1.73. The third-order valence-electron chi connectivity index (χ3n) is 3.34. The van der Waals surface area contributed by atoms with E-state index in [4.69, 9.17) is 11.6 Å². The van der Waals surface area contributed by atoms with Gasteiger partial charge in [-0.15, -0.1) is 0 Å². The molecule has 1 aliphatic rings. The summed E-state index contributed by atoms with van der Waals surface area (Å²) >= 11 is 5.87. The molecule has 1 aromatic heterocycles. The minimum atomic E-state index is -0.616. The fourth-order valence-corrected chi connectivity index (χ4v) is 2.54. The third-order valence-corrected chi connectivity index (χ3v) is 3.52. The monoisotopic (exact) mass is 268 g/mol. The van der Waals surface area contributed by atoms with E-state index in [2.05, 4.69) is 9.97 Å². The van der Waals surface area contributed by atoms with E-state index < -0.39 is 5.54 Å². The molecule has 2 heterocycles. The van der Waals surface area contributed by atoms with Crippen LogP contribution in [0.25, 0.3) is 0 Å². The van der Waals surface area contributed by atoms with Crippen molar-refractivity contribution in [1.29, 1.82) is 0 Å². The maximum Gasteiger partial charge on any atom is 0.252 e. The summed E-state index contributed by atoms with van der Waals surface area (Å²) in [4.78, 5) is 24.4. The average Bonchev–Trinajstić information content (AvgIpc) is 2.31. The number of rotatable bonds is 2. The van der Waals surface area contributed by atoms with Crippen LogP contribution in [-0.2, 0) is 4.79 Å². The lowest BCUT2D eigenvalue weighted by Crippen LogP contribution is -2.60. The van der Waals surface area contributed by atoms with Crippen molar-refractivity contribution in [2.24, 2.45) is 0 Å². The van der Waals surface area contributed by atoms with E-state index in [0.29, 0.717) is 13.1 Å². The molecule has 0 aromatic carbocycles. The first-order chi connectivity index (χ1) is 8.43. The first-order valence-corrected chi connectivity index (χ1v) is 6.43. The largest absolute Gasteiger partial charge is 0.341 e.